The number of carbonyl (C=O) groups is 3. The minimum absolute atomic E-state index is 0.0541. The number of aromatic nitrogens is 2. The van der Waals surface area contributed by atoms with Crippen molar-refractivity contribution in [1.29, 1.82) is 0 Å². The number of aliphatic carboxylic acids is 1. The van der Waals surface area contributed by atoms with Gasteiger partial charge in [-0.1, -0.05) is 5.16 Å². The van der Waals surface area contributed by atoms with Gasteiger partial charge in [0.1, 0.15) is 6.04 Å². The fraction of sp³-hybridized carbons (Fsp3) is 0.583. The molecule has 9 N–H and O–H groups in total. The molecule has 0 aliphatic carbocycles. The second-order valence-corrected chi connectivity index (χ2v) is 5.18. The van der Waals surface area contributed by atoms with Crippen molar-refractivity contribution in [2.75, 3.05) is 6.61 Å². The number of hydrogen-bond acceptors (Lipinski definition) is 9. The lowest BCUT2D eigenvalue weighted by atomic mass is 10.2. The molecule has 3 amide bonds. The molecule has 0 radical (unpaired) electrons. The first-order chi connectivity index (χ1) is 11.6. The number of nitrogens with zero attached hydrogens (tertiary/aromatic N) is 2. The van der Waals surface area contributed by atoms with Crippen LogP contribution in [0, 0.1) is 0 Å². The predicted molar refractivity (Wildman–Crippen MR) is 79.6 cm³/mol. The Kier molecular flexibility index (Phi) is 7.22. The Morgan fingerprint density at radius 1 is 1.32 bits per heavy atom. The largest absolute Gasteiger partial charge is 0.480 e. The minimum atomic E-state index is -1.57. The van der Waals surface area contributed by atoms with Gasteiger partial charge in [0.05, 0.1) is 25.2 Å². The van der Waals surface area contributed by atoms with Crippen molar-refractivity contribution < 1.29 is 34.2 Å². The highest BCUT2D eigenvalue weighted by Crippen LogP contribution is 2.16. The van der Waals surface area contributed by atoms with Crippen molar-refractivity contribution >= 4 is 17.9 Å². The molecule has 25 heavy (non-hydrogen) atoms. The van der Waals surface area contributed by atoms with Gasteiger partial charge in [0.15, 0.2) is 11.9 Å². The number of rotatable bonds is 9. The number of primary amides is 1. The Labute approximate surface area is 141 Å². The van der Waals surface area contributed by atoms with E-state index in [0.29, 0.717) is 0 Å². The third-order valence-corrected chi connectivity index (χ3v) is 3.03. The average Bonchev–Trinajstić information content (AvgIpc) is 3.00. The summed E-state index contributed by atoms with van der Waals surface area (Å²) in [6, 6.07) is -4.67. The average molecular weight is 360 g/mol. The van der Waals surface area contributed by atoms with E-state index in [1.54, 1.807) is 0 Å². The zero-order valence-corrected chi connectivity index (χ0v) is 13.2. The van der Waals surface area contributed by atoms with E-state index in [4.69, 9.17) is 26.2 Å². The smallest absolute Gasteiger partial charge is 0.328 e. The van der Waals surface area contributed by atoms with Crippen LogP contribution in [0.5, 0.6) is 0 Å². The van der Waals surface area contributed by atoms with E-state index in [2.05, 4.69) is 15.5 Å². The van der Waals surface area contributed by atoms with Gasteiger partial charge in [-0.05, 0) is 6.92 Å². The minimum Gasteiger partial charge on any atom is -0.480 e. The maximum Gasteiger partial charge on any atom is 0.328 e. The topological polar surface area (TPSA) is 227 Å². The molecule has 0 aliphatic heterocycles. The second kappa shape index (κ2) is 8.91. The monoisotopic (exact) mass is 360 g/mol. The Morgan fingerprint density at radius 3 is 2.44 bits per heavy atom. The lowest BCUT2D eigenvalue weighted by Crippen LogP contribution is -2.52. The maximum absolute atomic E-state index is 11.9. The van der Waals surface area contributed by atoms with Crippen LogP contribution in [-0.4, -0.2) is 62.1 Å². The molecule has 2 unspecified atom stereocenters. The molecule has 13 nitrogen and oxygen atoms in total. The van der Waals surface area contributed by atoms with Crippen molar-refractivity contribution in [2.45, 2.75) is 37.6 Å². The number of urea groups is 1. The van der Waals surface area contributed by atoms with E-state index in [9.17, 15) is 19.5 Å². The SMILES string of the molecule is CC(O)C(NC(=O)N[C@H](CC(N)=O)c1nc([C@@H](N)CO)no1)C(=O)O. The standard InChI is InChI=1S/C12H20N6O7/c1-4(20)8(11(22)23)16-12(24)15-6(2-7(14)21)10-17-9(18-25-10)5(13)3-19/h4-6,8,19-20H,2-3,13H2,1H3,(H2,14,21)(H,22,23)(H2,15,16,24)/t4?,5-,6+,8?/m0/s1. The van der Waals surface area contributed by atoms with E-state index in [-0.39, 0.29) is 11.7 Å². The van der Waals surface area contributed by atoms with Crippen molar-refractivity contribution in [2.24, 2.45) is 11.5 Å². The third kappa shape index (κ3) is 5.98. The lowest BCUT2D eigenvalue weighted by molar-refractivity contribution is -0.141. The number of carboxylic acids is 1. The molecule has 1 rings (SSSR count). The summed E-state index contributed by atoms with van der Waals surface area (Å²) in [4.78, 5) is 37.9. The lowest BCUT2D eigenvalue weighted by Gasteiger charge is -2.19. The molecule has 1 aromatic rings. The number of carboxylic acid groups (broad SMARTS) is 1. The van der Waals surface area contributed by atoms with E-state index in [1.807, 2.05) is 5.32 Å². The Morgan fingerprint density at radius 2 is 1.96 bits per heavy atom. The maximum atomic E-state index is 11.9. The van der Waals surface area contributed by atoms with Gasteiger partial charge in [0.2, 0.25) is 11.8 Å². The van der Waals surface area contributed by atoms with Crippen LogP contribution in [0.2, 0.25) is 0 Å². The van der Waals surface area contributed by atoms with Crippen LogP contribution in [0.25, 0.3) is 0 Å². The Hall–Kier alpha value is -2.77. The fourth-order valence-electron chi connectivity index (χ4n) is 1.75. The molecule has 0 aromatic carbocycles. The Bertz CT molecular complexity index is 619. The van der Waals surface area contributed by atoms with Crippen LogP contribution in [0.15, 0.2) is 4.52 Å². The third-order valence-electron chi connectivity index (χ3n) is 3.03. The van der Waals surface area contributed by atoms with Crippen molar-refractivity contribution in [3.05, 3.63) is 11.7 Å². The number of aliphatic hydroxyl groups is 2. The number of hydrogen-bond donors (Lipinski definition) is 7. The molecular weight excluding hydrogens is 340 g/mol. The highest BCUT2D eigenvalue weighted by molar-refractivity contribution is 5.83. The number of nitrogens with two attached hydrogens (primary N) is 2. The summed E-state index contributed by atoms with van der Waals surface area (Å²) in [6.45, 7) is 0.725. The van der Waals surface area contributed by atoms with Crippen LogP contribution in [-0.2, 0) is 9.59 Å². The summed E-state index contributed by atoms with van der Waals surface area (Å²) in [5.74, 6) is -2.52. The van der Waals surface area contributed by atoms with Gasteiger partial charge >= 0.3 is 12.0 Å². The normalized spacial score (nSPS) is 15.7. The predicted octanol–water partition coefficient (Wildman–Crippen LogP) is -2.89. The van der Waals surface area contributed by atoms with Crippen LogP contribution in [0.1, 0.15) is 37.1 Å². The van der Waals surface area contributed by atoms with Gasteiger partial charge in [0, 0.05) is 0 Å². The molecule has 4 atom stereocenters. The van der Waals surface area contributed by atoms with Gasteiger partial charge in [-0.3, -0.25) is 4.79 Å². The first-order valence-corrected chi connectivity index (χ1v) is 7.11. The zero-order valence-electron chi connectivity index (χ0n) is 13.2. The molecule has 0 aliphatic rings. The van der Waals surface area contributed by atoms with E-state index >= 15 is 0 Å². The molecule has 1 aromatic heterocycles. The van der Waals surface area contributed by atoms with Gasteiger partial charge in [0.25, 0.3) is 0 Å². The van der Waals surface area contributed by atoms with Crippen molar-refractivity contribution in [3.63, 3.8) is 0 Å². The quantitative estimate of drug-likeness (QED) is 0.238. The molecule has 0 fully saturated rings. The summed E-state index contributed by atoms with van der Waals surface area (Å²) in [5.41, 5.74) is 10.6. The van der Waals surface area contributed by atoms with Crippen LogP contribution in [0.3, 0.4) is 0 Å². The van der Waals surface area contributed by atoms with Gasteiger partial charge < -0.3 is 41.9 Å². The van der Waals surface area contributed by atoms with Crippen molar-refractivity contribution in [1.82, 2.24) is 20.8 Å². The van der Waals surface area contributed by atoms with Crippen LogP contribution in [0.4, 0.5) is 4.79 Å². The number of nitrogens with one attached hydrogen (secondary N) is 2. The van der Waals surface area contributed by atoms with Gasteiger partial charge in [-0.15, -0.1) is 0 Å². The fourth-order valence-corrected chi connectivity index (χ4v) is 1.75. The first-order valence-electron chi connectivity index (χ1n) is 7.11. The number of amides is 3. The van der Waals surface area contributed by atoms with Crippen molar-refractivity contribution in [3.8, 4) is 0 Å². The van der Waals surface area contributed by atoms with Gasteiger partial charge in [-0.25, -0.2) is 9.59 Å². The Balaban J connectivity index is 2.89. The first kappa shape index (κ1) is 20.3. The highest BCUT2D eigenvalue weighted by atomic mass is 16.5. The molecule has 0 saturated heterocycles. The highest BCUT2D eigenvalue weighted by Gasteiger charge is 2.29. The summed E-state index contributed by atoms with van der Waals surface area (Å²) >= 11 is 0. The molecule has 1 heterocycles. The van der Waals surface area contributed by atoms with E-state index < -0.39 is 55.2 Å². The summed E-state index contributed by atoms with van der Waals surface area (Å²) in [7, 11) is 0. The molecule has 0 bridgehead atoms. The van der Waals surface area contributed by atoms with Gasteiger partial charge in [-0.2, -0.15) is 4.98 Å². The summed E-state index contributed by atoms with van der Waals surface area (Å²) in [5, 5.41) is 35.0. The summed E-state index contributed by atoms with van der Waals surface area (Å²) < 4.78 is 4.88. The zero-order chi connectivity index (χ0) is 19.1. The second-order valence-electron chi connectivity index (χ2n) is 5.18. The molecule has 13 heteroatoms. The van der Waals surface area contributed by atoms with E-state index in [1.165, 1.54) is 6.92 Å². The number of aliphatic hydroxyl groups excluding tert-OH is 2. The molecular formula is C12H20N6O7. The van der Waals surface area contributed by atoms with Crippen LogP contribution < -0.4 is 22.1 Å². The molecule has 140 valence electrons. The molecule has 0 spiro atoms. The number of carbonyl (C=O) groups excluding carboxylic acids is 2. The van der Waals surface area contributed by atoms with E-state index in [0.717, 1.165) is 0 Å². The van der Waals surface area contributed by atoms with Crippen LogP contribution >= 0.6 is 0 Å². The summed E-state index contributed by atoms with van der Waals surface area (Å²) in [6.07, 6.45) is -1.79. The molecule has 0 saturated carbocycles.